The minimum absolute atomic E-state index is 0.00344. The second-order valence-electron chi connectivity index (χ2n) is 6.27. The van der Waals surface area contributed by atoms with Crippen molar-refractivity contribution in [3.63, 3.8) is 0 Å². The first-order valence-corrected chi connectivity index (χ1v) is 8.26. The van der Waals surface area contributed by atoms with Gasteiger partial charge in [-0.1, -0.05) is 0 Å². The summed E-state index contributed by atoms with van der Waals surface area (Å²) in [5.41, 5.74) is 0.474. The zero-order chi connectivity index (χ0) is 17.1. The molecule has 0 radical (unpaired) electrons. The summed E-state index contributed by atoms with van der Waals surface area (Å²) >= 11 is 0. The Labute approximate surface area is 140 Å². The standard InChI is InChI=1S/C17H22N2O5/c1-23-15-12(3-2-8-18-15)16(20)19-9-6-11(7-10-19)13-4-5-14(24-13)17(21)22/h2-3,8,11,13-14H,4-7,9-10H2,1H3,(H,21,22)/t13-,14+/m0/s1. The van der Waals surface area contributed by atoms with Gasteiger partial charge >= 0.3 is 5.97 Å². The Morgan fingerprint density at radius 2 is 2.04 bits per heavy atom. The maximum absolute atomic E-state index is 12.6. The van der Waals surface area contributed by atoms with Gasteiger partial charge in [0, 0.05) is 19.3 Å². The van der Waals surface area contributed by atoms with Gasteiger partial charge in [0.1, 0.15) is 5.56 Å². The molecule has 0 aliphatic carbocycles. The highest BCUT2D eigenvalue weighted by Gasteiger charge is 2.37. The molecule has 1 aromatic rings. The number of amides is 1. The summed E-state index contributed by atoms with van der Waals surface area (Å²) < 4.78 is 10.8. The average Bonchev–Trinajstić information content (AvgIpc) is 3.11. The van der Waals surface area contributed by atoms with Crippen LogP contribution in [0.2, 0.25) is 0 Å². The molecule has 0 saturated carbocycles. The molecule has 1 amide bonds. The molecule has 0 spiro atoms. The summed E-state index contributed by atoms with van der Waals surface area (Å²) in [5.74, 6) is -0.301. The molecule has 2 fully saturated rings. The van der Waals surface area contributed by atoms with Gasteiger partial charge in [0.2, 0.25) is 5.88 Å². The van der Waals surface area contributed by atoms with Gasteiger partial charge in [-0.3, -0.25) is 4.79 Å². The van der Waals surface area contributed by atoms with E-state index in [0.717, 1.165) is 19.3 Å². The largest absolute Gasteiger partial charge is 0.480 e. The topological polar surface area (TPSA) is 89.0 Å². The molecule has 1 aromatic heterocycles. The quantitative estimate of drug-likeness (QED) is 0.899. The first-order valence-electron chi connectivity index (χ1n) is 8.26. The maximum atomic E-state index is 12.6. The molecule has 0 bridgehead atoms. The third-order valence-corrected chi connectivity index (χ3v) is 4.88. The number of carboxylic acid groups (broad SMARTS) is 1. The molecular weight excluding hydrogens is 312 g/mol. The van der Waals surface area contributed by atoms with E-state index in [9.17, 15) is 9.59 Å². The van der Waals surface area contributed by atoms with Crippen molar-refractivity contribution in [2.75, 3.05) is 20.2 Å². The second kappa shape index (κ2) is 7.17. The van der Waals surface area contributed by atoms with Gasteiger partial charge in [-0.2, -0.15) is 0 Å². The van der Waals surface area contributed by atoms with E-state index in [0.29, 0.717) is 36.9 Å². The molecule has 1 N–H and O–H groups in total. The summed E-state index contributed by atoms with van der Waals surface area (Å²) in [6.07, 6.45) is 3.93. The highest BCUT2D eigenvalue weighted by Crippen LogP contribution is 2.32. The summed E-state index contributed by atoms with van der Waals surface area (Å²) in [6, 6.07) is 3.44. The number of carboxylic acids is 1. The van der Waals surface area contributed by atoms with Crippen LogP contribution in [0.4, 0.5) is 0 Å². The Balaban J connectivity index is 1.57. The zero-order valence-corrected chi connectivity index (χ0v) is 13.7. The van der Waals surface area contributed by atoms with Crippen LogP contribution in [0.5, 0.6) is 5.88 Å². The van der Waals surface area contributed by atoms with Crippen molar-refractivity contribution < 1.29 is 24.2 Å². The molecule has 2 atom stereocenters. The summed E-state index contributed by atoms with van der Waals surface area (Å²) in [6.45, 7) is 1.28. The van der Waals surface area contributed by atoms with Crippen LogP contribution in [0.15, 0.2) is 18.3 Å². The molecule has 7 heteroatoms. The van der Waals surface area contributed by atoms with Crippen molar-refractivity contribution >= 4 is 11.9 Å². The average molecular weight is 334 g/mol. The highest BCUT2D eigenvalue weighted by molar-refractivity contribution is 5.96. The van der Waals surface area contributed by atoms with Crippen LogP contribution in [0.25, 0.3) is 0 Å². The van der Waals surface area contributed by atoms with Gasteiger partial charge in [0.15, 0.2) is 6.10 Å². The third kappa shape index (κ3) is 3.36. The smallest absolute Gasteiger partial charge is 0.332 e. The number of aliphatic carboxylic acids is 1. The molecule has 0 aromatic carbocycles. The Bertz CT molecular complexity index is 613. The first-order chi connectivity index (χ1) is 11.6. The monoisotopic (exact) mass is 334 g/mol. The minimum Gasteiger partial charge on any atom is -0.480 e. The number of carbonyl (C=O) groups is 2. The van der Waals surface area contributed by atoms with Crippen LogP contribution < -0.4 is 4.74 Å². The van der Waals surface area contributed by atoms with E-state index >= 15 is 0 Å². The van der Waals surface area contributed by atoms with E-state index < -0.39 is 12.1 Å². The Hall–Kier alpha value is -2.15. The van der Waals surface area contributed by atoms with Gasteiger partial charge < -0.3 is 19.5 Å². The lowest BCUT2D eigenvalue weighted by molar-refractivity contribution is -0.150. The van der Waals surface area contributed by atoms with E-state index in [1.165, 1.54) is 7.11 Å². The van der Waals surface area contributed by atoms with E-state index in [2.05, 4.69) is 4.98 Å². The Morgan fingerprint density at radius 3 is 2.67 bits per heavy atom. The van der Waals surface area contributed by atoms with E-state index in [1.54, 1.807) is 23.2 Å². The van der Waals surface area contributed by atoms with Crippen molar-refractivity contribution in [3.05, 3.63) is 23.9 Å². The lowest BCUT2D eigenvalue weighted by atomic mass is 9.89. The maximum Gasteiger partial charge on any atom is 0.332 e. The molecule has 2 aliphatic heterocycles. The highest BCUT2D eigenvalue weighted by atomic mass is 16.5. The second-order valence-corrected chi connectivity index (χ2v) is 6.27. The fraction of sp³-hybridized carbons (Fsp3) is 0.588. The normalized spacial score (nSPS) is 24.8. The number of hydrogen-bond donors (Lipinski definition) is 1. The van der Waals surface area contributed by atoms with Crippen LogP contribution in [-0.4, -0.2) is 59.3 Å². The van der Waals surface area contributed by atoms with Crippen LogP contribution >= 0.6 is 0 Å². The van der Waals surface area contributed by atoms with Crippen molar-refractivity contribution in [2.45, 2.75) is 37.9 Å². The minimum atomic E-state index is -0.881. The molecule has 3 rings (SSSR count). The van der Waals surface area contributed by atoms with Crippen molar-refractivity contribution in [1.29, 1.82) is 0 Å². The van der Waals surface area contributed by atoms with Gasteiger partial charge in [-0.15, -0.1) is 0 Å². The van der Waals surface area contributed by atoms with Crippen molar-refractivity contribution in [2.24, 2.45) is 5.92 Å². The van der Waals surface area contributed by atoms with Crippen LogP contribution in [0.3, 0.4) is 0 Å². The number of ether oxygens (including phenoxy) is 2. The number of rotatable bonds is 4. The predicted molar refractivity (Wildman–Crippen MR) is 84.9 cm³/mol. The zero-order valence-electron chi connectivity index (χ0n) is 13.7. The molecule has 2 saturated heterocycles. The van der Waals surface area contributed by atoms with E-state index in [1.807, 2.05) is 0 Å². The summed E-state index contributed by atoms with van der Waals surface area (Å²) in [5, 5.41) is 9.02. The van der Waals surface area contributed by atoms with Crippen LogP contribution in [0.1, 0.15) is 36.0 Å². The lowest BCUT2D eigenvalue weighted by Crippen LogP contribution is -2.41. The Morgan fingerprint density at radius 1 is 1.29 bits per heavy atom. The fourth-order valence-electron chi connectivity index (χ4n) is 3.55. The summed E-state index contributed by atoms with van der Waals surface area (Å²) in [7, 11) is 1.50. The molecular formula is C17H22N2O5. The first kappa shape index (κ1) is 16.7. The van der Waals surface area contributed by atoms with Crippen LogP contribution in [-0.2, 0) is 9.53 Å². The molecule has 130 valence electrons. The Kier molecular flexibility index (Phi) is 4.99. The molecule has 3 heterocycles. The van der Waals surface area contributed by atoms with E-state index in [-0.39, 0.29) is 12.0 Å². The number of pyridine rings is 1. The van der Waals surface area contributed by atoms with Crippen LogP contribution in [0, 0.1) is 5.92 Å². The number of carbonyl (C=O) groups excluding carboxylic acids is 1. The van der Waals surface area contributed by atoms with Gasteiger partial charge in [0.25, 0.3) is 5.91 Å². The lowest BCUT2D eigenvalue weighted by Gasteiger charge is -2.34. The fourth-order valence-corrected chi connectivity index (χ4v) is 3.55. The number of nitrogens with zero attached hydrogens (tertiary/aromatic N) is 2. The number of likely N-dealkylation sites (tertiary alicyclic amines) is 1. The molecule has 2 aliphatic rings. The van der Waals surface area contributed by atoms with Crippen molar-refractivity contribution in [3.8, 4) is 5.88 Å². The van der Waals surface area contributed by atoms with Gasteiger partial charge in [-0.25, -0.2) is 9.78 Å². The van der Waals surface area contributed by atoms with Gasteiger partial charge in [-0.05, 0) is 43.7 Å². The summed E-state index contributed by atoms with van der Waals surface area (Å²) in [4.78, 5) is 29.5. The predicted octanol–water partition coefficient (Wildman–Crippen LogP) is 1.57. The third-order valence-electron chi connectivity index (χ3n) is 4.88. The van der Waals surface area contributed by atoms with E-state index in [4.69, 9.17) is 14.6 Å². The number of hydrogen-bond acceptors (Lipinski definition) is 5. The number of piperidine rings is 1. The number of methoxy groups -OCH3 is 1. The van der Waals surface area contributed by atoms with Gasteiger partial charge in [0.05, 0.1) is 13.2 Å². The molecule has 7 nitrogen and oxygen atoms in total. The molecule has 24 heavy (non-hydrogen) atoms. The van der Waals surface area contributed by atoms with Crippen molar-refractivity contribution in [1.82, 2.24) is 9.88 Å². The molecule has 0 unspecified atom stereocenters. The number of aromatic nitrogens is 1. The SMILES string of the molecule is COc1ncccc1C(=O)N1CCC([C@@H]2CC[C@H](C(=O)O)O2)CC1.